The van der Waals surface area contributed by atoms with E-state index in [0.29, 0.717) is 30.6 Å². The second kappa shape index (κ2) is 7.55. The molecule has 8 heteroatoms. The number of aromatic nitrogens is 5. The zero-order valence-corrected chi connectivity index (χ0v) is 16.4. The van der Waals surface area contributed by atoms with Gasteiger partial charge in [0.2, 0.25) is 11.7 Å². The lowest BCUT2D eigenvalue weighted by molar-refractivity contribution is 0.0772. The van der Waals surface area contributed by atoms with Crippen LogP contribution in [-0.2, 0) is 7.05 Å². The number of nitrogens with zero attached hydrogens (tertiary/aromatic N) is 6. The largest absolute Gasteiger partial charge is 0.339 e. The molecule has 1 aliphatic heterocycles. The van der Waals surface area contributed by atoms with Crippen molar-refractivity contribution in [3.8, 4) is 11.4 Å². The van der Waals surface area contributed by atoms with Crippen LogP contribution >= 0.6 is 0 Å². The average molecular weight is 400 g/mol. The van der Waals surface area contributed by atoms with Crippen molar-refractivity contribution in [1.29, 1.82) is 0 Å². The molecule has 0 aliphatic carbocycles. The standard InChI is InChI=1S/C22H20N6O2/c1-27-11-10-24-20(27)22(29)28-13-17(16-8-5-9-23-12-16)18(14-28)21-25-19(26-30-21)15-6-3-2-4-7-15/h2-12,17-18H,13-14H2,1H3/t17-,18+/m0/s1. The normalized spacial score (nSPS) is 18.6. The molecule has 3 aromatic heterocycles. The maximum absolute atomic E-state index is 13.1. The molecule has 4 heterocycles. The summed E-state index contributed by atoms with van der Waals surface area (Å²) >= 11 is 0. The first-order valence-corrected chi connectivity index (χ1v) is 9.76. The summed E-state index contributed by atoms with van der Waals surface area (Å²) in [5, 5.41) is 4.17. The molecule has 150 valence electrons. The molecule has 1 saturated heterocycles. The Morgan fingerprint density at radius 1 is 1.07 bits per heavy atom. The molecule has 0 saturated carbocycles. The first-order chi connectivity index (χ1) is 14.7. The zero-order valence-electron chi connectivity index (χ0n) is 16.4. The zero-order chi connectivity index (χ0) is 20.5. The van der Waals surface area contributed by atoms with Crippen LogP contribution in [0.15, 0.2) is 71.8 Å². The second-order valence-electron chi connectivity index (χ2n) is 7.39. The summed E-state index contributed by atoms with van der Waals surface area (Å²) in [6, 6.07) is 13.6. The van der Waals surface area contributed by atoms with Crippen LogP contribution in [0.25, 0.3) is 11.4 Å². The number of carbonyl (C=O) groups excluding carboxylic acids is 1. The third kappa shape index (κ3) is 3.26. The van der Waals surface area contributed by atoms with Crippen LogP contribution in [0.1, 0.15) is 33.9 Å². The summed E-state index contributed by atoms with van der Waals surface area (Å²) in [6.45, 7) is 1.01. The van der Waals surface area contributed by atoms with Gasteiger partial charge in [-0.05, 0) is 11.6 Å². The molecule has 0 radical (unpaired) electrons. The number of likely N-dealkylation sites (tertiary alicyclic amines) is 1. The molecule has 0 spiro atoms. The van der Waals surface area contributed by atoms with E-state index in [4.69, 9.17) is 4.52 Å². The smallest absolute Gasteiger partial charge is 0.289 e. The minimum Gasteiger partial charge on any atom is -0.339 e. The molecule has 4 aromatic rings. The van der Waals surface area contributed by atoms with Gasteiger partial charge in [0, 0.05) is 56.4 Å². The van der Waals surface area contributed by atoms with E-state index in [1.54, 1.807) is 28.1 Å². The van der Waals surface area contributed by atoms with Crippen LogP contribution in [0.3, 0.4) is 0 Å². The number of hydrogen-bond acceptors (Lipinski definition) is 6. The van der Waals surface area contributed by atoms with Crippen molar-refractivity contribution in [1.82, 2.24) is 29.6 Å². The number of amides is 1. The Hall–Kier alpha value is -3.81. The molecular weight excluding hydrogens is 380 g/mol. The SMILES string of the molecule is Cn1ccnc1C(=O)N1C[C@@H](c2cccnc2)[C@H](c2nc(-c3ccccc3)no2)C1. The average Bonchev–Trinajstić information content (AvgIpc) is 3.53. The maximum Gasteiger partial charge on any atom is 0.289 e. The van der Waals surface area contributed by atoms with E-state index in [2.05, 4.69) is 20.1 Å². The van der Waals surface area contributed by atoms with Gasteiger partial charge in [0.15, 0.2) is 5.82 Å². The van der Waals surface area contributed by atoms with E-state index in [1.165, 1.54) is 0 Å². The monoisotopic (exact) mass is 400 g/mol. The molecule has 30 heavy (non-hydrogen) atoms. The Morgan fingerprint density at radius 3 is 2.63 bits per heavy atom. The third-order valence-electron chi connectivity index (χ3n) is 5.52. The molecule has 1 fully saturated rings. The lowest BCUT2D eigenvalue weighted by atomic mass is 9.90. The van der Waals surface area contributed by atoms with Crippen molar-refractivity contribution >= 4 is 5.91 Å². The van der Waals surface area contributed by atoms with Gasteiger partial charge < -0.3 is 14.0 Å². The number of benzene rings is 1. The van der Waals surface area contributed by atoms with Gasteiger partial charge in [0.1, 0.15) is 0 Å². The fourth-order valence-electron chi connectivity index (χ4n) is 3.96. The number of imidazole rings is 1. The lowest BCUT2D eigenvalue weighted by Crippen LogP contribution is -2.31. The van der Waals surface area contributed by atoms with E-state index in [1.807, 2.05) is 55.7 Å². The summed E-state index contributed by atoms with van der Waals surface area (Å²) in [4.78, 5) is 28.0. The Labute approximate surface area is 173 Å². The highest BCUT2D eigenvalue weighted by Crippen LogP contribution is 2.39. The number of carbonyl (C=O) groups is 1. The molecule has 0 bridgehead atoms. The molecule has 0 unspecified atom stereocenters. The second-order valence-corrected chi connectivity index (χ2v) is 7.39. The van der Waals surface area contributed by atoms with Crippen molar-refractivity contribution in [3.63, 3.8) is 0 Å². The Balaban J connectivity index is 1.48. The molecule has 1 amide bonds. The summed E-state index contributed by atoms with van der Waals surface area (Å²) in [5.74, 6) is 1.26. The van der Waals surface area contributed by atoms with Crippen molar-refractivity contribution in [2.45, 2.75) is 11.8 Å². The molecular formula is C22H20N6O2. The number of aryl methyl sites for hydroxylation is 1. The summed E-state index contributed by atoms with van der Waals surface area (Å²) in [6.07, 6.45) is 6.97. The lowest BCUT2D eigenvalue weighted by Gasteiger charge is -2.16. The Morgan fingerprint density at radius 2 is 1.90 bits per heavy atom. The van der Waals surface area contributed by atoms with Gasteiger partial charge in [-0.25, -0.2) is 4.98 Å². The predicted molar refractivity (Wildman–Crippen MR) is 109 cm³/mol. The molecule has 1 aromatic carbocycles. The topological polar surface area (TPSA) is 89.9 Å². The third-order valence-corrected chi connectivity index (χ3v) is 5.52. The van der Waals surface area contributed by atoms with Crippen LogP contribution in [0.2, 0.25) is 0 Å². The maximum atomic E-state index is 13.1. The van der Waals surface area contributed by atoms with Crippen LogP contribution in [0.4, 0.5) is 0 Å². The van der Waals surface area contributed by atoms with Crippen LogP contribution < -0.4 is 0 Å². The molecule has 8 nitrogen and oxygen atoms in total. The number of pyridine rings is 1. The van der Waals surface area contributed by atoms with Crippen molar-refractivity contribution in [3.05, 3.63) is 84.5 Å². The van der Waals surface area contributed by atoms with E-state index in [9.17, 15) is 4.79 Å². The minimum atomic E-state index is -0.122. The molecule has 2 atom stereocenters. The van der Waals surface area contributed by atoms with E-state index >= 15 is 0 Å². The van der Waals surface area contributed by atoms with E-state index in [0.717, 1.165) is 11.1 Å². The number of hydrogen-bond donors (Lipinski definition) is 0. The van der Waals surface area contributed by atoms with E-state index in [-0.39, 0.29) is 17.7 Å². The molecule has 1 aliphatic rings. The number of rotatable bonds is 4. The van der Waals surface area contributed by atoms with Crippen LogP contribution in [0.5, 0.6) is 0 Å². The fraction of sp³-hybridized carbons (Fsp3) is 0.227. The minimum absolute atomic E-state index is 0.00647. The highest BCUT2D eigenvalue weighted by Gasteiger charge is 2.41. The van der Waals surface area contributed by atoms with E-state index < -0.39 is 0 Å². The van der Waals surface area contributed by atoms with Gasteiger partial charge in [-0.15, -0.1) is 0 Å². The van der Waals surface area contributed by atoms with Gasteiger partial charge in [0.25, 0.3) is 5.91 Å². The first kappa shape index (κ1) is 18.2. The van der Waals surface area contributed by atoms with Crippen molar-refractivity contribution in [2.24, 2.45) is 7.05 Å². The highest BCUT2D eigenvalue weighted by molar-refractivity contribution is 5.91. The summed E-state index contributed by atoms with van der Waals surface area (Å²) < 4.78 is 7.39. The van der Waals surface area contributed by atoms with Crippen LogP contribution in [0, 0.1) is 0 Å². The van der Waals surface area contributed by atoms with Crippen molar-refractivity contribution < 1.29 is 9.32 Å². The van der Waals surface area contributed by atoms with Gasteiger partial charge in [-0.3, -0.25) is 9.78 Å². The summed E-state index contributed by atoms with van der Waals surface area (Å²) in [7, 11) is 1.82. The van der Waals surface area contributed by atoms with Gasteiger partial charge in [0.05, 0.1) is 5.92 Å². The van der Waals surface area contributed by atoms with Gasteiger partial charge >= 0.3 is 0 Å². The Bertz CT molecular complexity index is 1150. The van der Waals surface area contributed by atoms with Gasteiger partial charge in [-0.2, -0.15) is 4.98 Å². The van der Waals surface area contributed by atoms with Gasteiger partial charge in [-0.1, -0.05) is 41.6 Å². The quantitative estimate of drug-likeness (QED) is 0.523. The Kier molecular flexibility index (Phi) is 4.59. The first-order valence-electron chi connectivity index (χ1n) is 9.76. The van der Waals surface area contributed by atoms with Crippen molar-refractivity contribution in [2.75, 3.05) is 13.1 Å². The highest BCUT2D eigenvalue weighted by atomic mass is 16.5. The van der Waals surface area contributed by atoms with Crippen LogP contribution in [-0.4, -0.2) is 48.6 Å². The molecule has 5 rings (SSSR count). The summed E-state index contributed by atoms with van der Waals surface area (Å²) in [5.41, 5.74) is 1.93. The molecule has 0 N–H and O–H groups in total. The predicted octanol–water partition coefficient (Wildman–Crippen LogP) is 2.89. The fourth-order valence-corrected chi connectivity index (χ4v) is 3.96.